The van der Waals surface area contributed by atoms with Gasteiger partial charge in [-0.05, 0) is 42.9 Å². The van der Waals surface area contributed by atoms with E-state index in [0.717, 1.165) is 12.8 Å². The molecule has 0 rings (SSSR count). The summed E-state index contributed by atoms with van der Waals surface area (Å²) in [6, 6.07) is 0. The standard InChI is InChI=1S/C21H42F3NO3S/c1-9-17(7,10-2)15-18(8,11-3)20(25,14-6)16(22)19(12-4,13-5)21(23,24)29(26,27)28/h16H,9-15,25H2,1-8H3,(H,26,27,28). The highest BCUT2D eigenvalue weighted by Gasteiger charge is 2.69. The van der Waals surface area contributed by atoms with Crippen molar-refractivity contribution in [1.82, 2.24) is 0 Å². The SMILES string of the molecule is CCC(C)(CC)CC(C)(CC)C(N)(CC)C(F)C(CC)(CC)C(F)(F)S(=O)(=O)O. The third-order valence-electron chi connectivity index (χ3n) is 8.12. The summed E-state index contributed by atoms with van der Waals surface area (Å²) in [5, 5.41) is -4.66. The van der Waals surface area contributed by atoms with Crippen LogP contribution in [0.2, 0.25) is 0 Å². The molecule has 29 heavy (non-hydrogen) atoms. The summed E-state index contributed by atoms with van der Waals surface area (Å²) in [5.41, 5.74) is 1.30. The van der Waals surface area contributed by atoms with Gasteiger partial charge in [-0.15, -0.1) is 0 Å². The predicted octanol–water partition coefficient (Wildman–Crippen LogP) is 6.35. The molecule has 0 fully saturated rings. The van der Waals surface area contributed by atoms with E-state index < -0.39 is 50.8 Å². The Kier molecular flexibility index (Phi) is 9.32. The summed E-state index contributed by atoms with van der Waals surface area (Å²) >= 11 is 0. The Morgan fingerprint density at radius 1 is 0.862 bits per heavy atom. The van der Waals surface area contributed by atoms with E-state index in [9.17, 15) is 21.8 Å². The minimum absolute atomic E-state index is 0.0608. The molecule has 3 N–H and O–H groups in total. The number of hydrogen-bond acceptors (Lipinski definition) is 3. The molecule has 0 spiro atoms. The number of alkyl halides is 3. The second kappa shape index (κ2) is 9.43. The van der Waals surface area contributed by atoms with Crippen molar-refractivity contribution < 1.29 is 26.1 Å². The zero-order valence-corrected chi connectivity index (χ0v) is 20.2. The third-order valence-corrected chi connectivity index (χ3v) is 9.17. The Labute approximate surface area is 176 Å². The Morgan fingerprint density at radius 2 is 1.28 bits per heavy atom. The average molecular weight is 446 g/mol. The number of rotatable bonds is 13. The van der Waals surface area contributed by atoms with Crippen LogP contribution < -0.4 is 5.73 Å². The smallest absolute Gasteiger partial charge is 0.322 e. The van der Waals surface area contributed by atoms with Gasteiger partial charge in [-0.3, -0.25) is 4.55 Å². The van der Waals surface area contributed by atoms with E-state index in [1.807, 2.05) is 27.7 Å². The van der Waals surface area contributed by atoms with E-state index in [1.54, 1.807) is 6.92 Å². The largest absolute Gasteiger partial charge is 0.378 e. The van der Waals surface area contributed by atoms with Crippen LogP contribution in [0.3, 0.4) is 0 Å². The first-order valence-electron chi connectivity index (χ1n) is 10.8. The quantitative estimate of drug-likeness (QED) is 0.324. The Balaban J connectivity index is 6.76. The second-order valence-electron chi connectivity index (χ2n) is 9.22. The summed E-state index contributed by atoms with van der Waals surface area (Å²) in [7, 11) is -5.82. The van der Waals surface area contributed by atoms with Gasteiger partial charge in [0.2, 0.25) is 0 Å². The number of halogens is 3. The zero-order valence-electron chi connectivity index (χ0n) is 19.4. The summed E-state index contributed by atoms with van der Waals surface area (Å²) in [4.78, 5) is 0. The highest BCUT2D eigenvalue weighted by molar-refractivity contribution is 7.86. The molecule has 0 bridgehead atoms. The lowest BCUT2D eigenvalue weighted by molar-refractivity contribution is -0.147. The van der Waals surface area contributed by atoms with Crippen LogP contribution in [0.5, 0.6) is 0 Å². The van der Waals surface area contributed by atoms with Crippen molar-refractivity contribution in [2.45, 2.75) is 117 Å². The van der Waals surface area contributed by atoms with Crippen LogP contribution >= 0.6 is 0 Å². The van der Waals surface area contributed by atoms with Crippen LogP contribution in [0, 0.1) is 16.2 Å². The predicted molar refractivity (Wildman–Crippen MR) is 113 cm³/mol. The molecule has 3 unspecified atom stereocenters. The van der Waals surface area contributed by atoms with Crippen LogP contribution in [0.1, 0.15) is 100 Å². The van der Waals surface area contributed by atoms with Gasteiger partial charge in [0, 0.05) is 0 Å². The van der Waals surface area contributed by atoms with E-state index in [4.69, 9.17) is 5.73 Å². The maximum atomic E-state index is 16.3. The lowest BCUT2D eigenvalue weighted by Gasteiger charge is -2.56. The molecule has 176 valence electrons. The number of hydrogen-bond donors (Lipinski definition) is 2. The van der Waals surface area contributed by atoms with Crippen LogP contribution in [0.25, 0.3) is 0 Å². The molecular formula is C21H42F3NO3S. The lowest BCUT2D eigenvalue weighted by atomic mass is 9.54. The molecule has 0 aliphatic heterocycles. The maximum absolute atomic E-state index is 16.3. The molecule has 0 aromatic heterocycles. The Bertz CT molecular complexity index is 633. The van der Waals surface area contributed by atoms with E-state index in [1.165, 1.54) is 13.8 Å². The first-order valence-corrected chi connectivity index (χ1v) is 12.2. The van der Waals surface area contributed by atoms with Crippen molar-refractivity contribution in [2.75, 3.05) is 0 Å². The van der Waals surface area contributed by atoms with Crippen molar-refractivity contribution in [3.05, 3.63) is 0 Å². The van der Waals surface area contributed by atoms with Gasteiger partial charge >= 0.3 is 15.4 Å². The lowest BCUT2D eigenvalue weighted by Crippen LogP contribution is -2.68. The molecule has 0 saturated carbocycles. The molecule has 0 aromatic rings. The fourth-order valence-corrected chi connectivity index (χ4v) is 5.80. The van der Waals surface area contributed by atoms with Gasteiger partial charge in [0.25, 0.3) is 0 Å². The van der Waals surface area contributed by atoms with E-state index in [-0.39, 0.29) is 11.8 Å². The van der Waals surface area contributed by atoms with E-state index >= 15 is 4.39 Å². The van der Waals surface area contributed by atoms with Gasteiger partial charge in [0.1, 0.15) is 6.17 Å². The molecular weight excluding hydrogens is 403 g/mol. The maximum Gasteiger partial charge on any atom is 0.378 e. The van der Waals surface area contributed by atoms with Crippen LogP contribution in [-0.4, -0.2) is 29.9 Å². The first-order chi connectivity index (χ1) is 13.0. The van der Waals surface area contributed by atoms with Crippen molar-refractivity contribution >= 4 is 10.1 Å². The van der Waals surface area contributed by atoms with Crippen molar-refractivity contribution in [1.29, 1.82) is 0 Å². The van der Waals surface area contributed by atoms with Crippen LogP contribution in [0.4, 0.5) is 13.2 Å². The molecule has 0 radical (unpaired) electrons. The van der Waals surface area contributed by atoms with Gasteiger partial charge in [0.05, 0.1) is 11.0 Å². The van der Waals surface area contributed by atoms with Gasteiger partial charge in [-0.2, -0.15) is 17.2 Å². The molecule has 0 amide bonds. The normalized spacial score (nSPS) is 19.5. The molecule has 8 heteroatoms. The first kappa shape index (κ1) is 28.7. The molecule has 0 heterocycles. The highest BCUT2D eigenvalue weighted by atomic mass is 32.2. The summed E-state index contributed by atoms with van der Waals surface area (Å²) in [5.74, 6) is 0. The van der Waals surface area contributed by atoms with Crippen molar-refractivity contribution in [3.8, 4) is 0 Å². The van der Waals surface area contributed by atoms with Crippen LogP contribution in [-0.2, 0) is 10.1 Å². The van der Waals surface area contributed by atoms with E-state index in [0.29, 0.717) is 12.8 Å². The van der Waals surface area contributed by atoms with Crippen molar-refractivity contribution in [3.63, 3.8) is 0 Å². The van der Waals surface area contributed by atoms with Gasteiger partial charge in [0.15, 0.2) is 0 Å². The summed E-state index contributed by atoms with van der Waals surface area (Å²) < 4.78 is 78.7. The summed E-state index contributed by atoms with van der Waals surface area (Å²) in [6.45, 7) is 14.1. The monoisotopic (exact) mass is 445 g/mol. The summed E-state index contributed by atoms with van der Waals surface area (Å²) in [6.07, 6.45) is -0.610. The number of nitrogens with two attached hydrogens (primary N) is 1. The van der Waals surface area contributed by atoms with Crippen molar-refractivity contribution in [2.24, 2.45) is 22.0 Å². The average Bonchev–Trinajstić information content (AvgIpc) is 2.66. The Morgan fingerprint density at radius 3 is 1.52 bits per heavy atom. The minimum atomic E-state index is -5.82. The molecule has 0 aromatic carbocycles. The topological polar surface area (TPSA) is 80.4 Å². The second-order valence-corrected chi connectivity index (χ2v) is 10.7. The van der Waals surface area contributed by atoms with Crippen LogP contribution in [0.15, 0.2) is 0 Å². The van der Waals surface area contributed by atoms with Gasteiger partial charge < -0.3 is 5.73 Å². The molecule has 4 nitrogen and oxygen atoms in total. The van der Waals surface area contributed by atoms with Gasteiger partial charge in [-0.1, -0.05) is 68.2 Å². The Hall–Kier alpha value is -0.340. The molecule has 0 saturated heterocycles. The fraction of sp³-hybridized carbons (Fsp3) is 1.00. The third kappa shape index (κ3) is 4.64. The zero-order chi connectivity index (χ0) is 23.5. The molecule has 0 aliphatic rings. The molecule has 0 aliphatic carbocycles. The van der Waals surface area contributed by atoms with E-state index in [2.05, 4.69) is 6.92 Å². The highest BCUT2D eigenvalue weighted by Crippen LogP contribution is 2.58. The molecule has 3 atom stereocenters. The minimum Gasteiger partial charge on any atom is -0.322 e. The fourth-order valence-electron chi connectivity index (χ4n) is 4.89. The van der Waals surface area contributed by atoms with Gasteiger partial charge in [-0.25, -0.2) is 4.39 Å².